The zero-order chi connectivity index (χ0) is 12.6. The Bertz CT molecular complexity index is 191. The van der Waals surface area contributed by atoms with Crippen molar-refractivity contribution in [2.75, 3.05) is 33.0 Å². The van der Waals surface area contributed by atoms with Crippen LogP contribution in [0, 0.1) is 0 Å². The highest BCUT2D eigenvalue weighted by molar-refractivity contribution is 4.66. The summed E-state index contributed by atoms with van der Waals surface area (Å²) in [6.45, 7) is -0.169. The van der Waals surface area contributed by atoms with E-state index < -0.39 is 12.8 Å². The lowest BCUT2D eigenvalue weighted by atomic mass is 10.3. The van der Waals surface area contributed by atoms with E-state index in [0.717, 1.165) is 12.8 Å². The summed E-state index contributed by atoms with van der Waals surface area (Å²) in [5.74, 6) is 0. The maximum Gasteiger partial charge on any atom is 0.411 e. The first-order valence-corrected chi connectivity index (χ1v) is 5.92. The lowest BCUT2D eigenvalue weighted by Gasteiger charge is -2.11. The third-order valence-corrected chi connectivity index (χ3v) is 2.52. The average molecular weight is 256 g/mol. The van der Waals surface area contributed by atoms with E-state index in [1.165, 1.54) is 12.8 Å². The van der Waals surface area contributed by atoms with Crippen LogP contribution in [0.5, 0.6) is 0 Å². The standard InChI is InChI=1S/C11H19F3O3/c12-11(13,14)9-16-6-5-15-7-8-17-10-3-1-2-4-10/h10H,1-9H2. The summed E-state index contributed by atoms with van der Waals surface area (Å²) in [5, 5.41) is 0. The van der Waals surface area contributed by atoms with Gasteiger partial charge in [-0.25, -0.2) is 0 Å². The molecule has 0 spiro atoms. The number of alkyl halides is 3. The van der Waals surface area contributed by atoms with Gasteiger partial charge in [-0.15, -0.1) is 0 Å². The molecule has 0 radical (unpaired) electrons. The summed E-state index contributed by atoms with van der Waals surface area (Å²) in [6, 6.07) is 0. The topological polar surface area (TPSA) is 27.7 Å². The second kappa shape index (κ2) is 7.89. The largest absolute Gasteiger partial charge is 0.411 e. The number of hydrogen-bond acceptors (Lipinski definition) is 3. The lowest BCUT2D eigenvalue weighted by molar-refractivity contribution is -0.176. The minimum atomic E-state index is -4.26. The van der Waals surface area contributed by atoms with Crippen LogP contribution in [-0.4, -0.2) is 45.3 Å². The molecule has 1 aliphatic carbocycles. The number of halogens is 3. The van der Waals surface area contributed by atoms with Gasteiger partial charge in [-0.05, 0) is 12.8 Å². The van der Waals surface area contributed by atoms with Crippen molar-refractivity contribution in [1.29, 1.82) is 0 Å². The number of rotatable bonds is 8. The summed E-state index contributed by atoms with van der Waals surface area (Å²) in [5.41, 5.74) is 0. The quantitative estimate of drug-likeness (QED) is 0.625. The summed E-state index contributed by atoms with van der Waals surface area (Å²) in [7, 11) is 0. The molecule has 102 valence electrons. The summed E-state index contributed by atoms with van der Waals surface area (Å²) in [4.78, 5) is 0. The fraction of sp³-hybridized carbons (Fsp3) is 1.00. The van der Waals surface area contributed by atoms with Crippen LogP contribution >= 0.6 is 0 Å². The van der Waals surface area contributed by atoms with E-state index in [9.17, 15) is 13.2 Å². The van der Waals surface area contributed by atoms with Crippen LogP contribution in [0.3, 0.4) is 0 Å². The number of hydrogen-bond donors (Lipinski definition) is 0. The molecule has 3 nitrogen and oxygen atoms in total. The zero-order valence-electron chi connectivity index (χ0n) is 9.80. The Balaban J connectivity index is 1.78. The normalized spacial score (nSPS) is 17.8. The summed E-state index contributed by atoms with van der Waals surface area (Å²) < 4.78 is 50.0. The van der Waals surface area contributed by atoms with Crippen molar-refractivity contribution in [3.05, 3.63) is 0 Å². The Morgan fingerprint density at radius 1 is 0.882 bits per heavy atom. The Morgan fingerprint density at radius 3 is 2.12 bits per heavy atom. The van der Waals surface area contributed by atoms with Crippen LogP contribution in [0.4, 0.5) is 13.2 Å². The molecule has 0 aliphatic heterocycles. The first-order chi connectivity index (χ1) is 8.08. The highest BCUT2D eigenvalue weighted by Gasteiger charge is 2.27. The third-order valence-electron chi connectivity index (χ3n) is 2.52. The molecule has 0 amide bonds. The van der Waals surface area contributed by atoms with E-state index in [-0.39, 0.29) is 13.2 Å². The van der Waals surface area contributed by atoms with Crippen molar-refractivity contribution in [2.24, 2.45) is 0 Å². The predicted molar refractivity (Wildman–Crippen MR) is 55.9 cm³/mol. The molecule has 1 rings (SSSR count). The highest BCUT2D eigenvalue weighted by Crippen LogP contribution is 2.20. The van der Waals surface area contributed by atoms with Crippen molar-refractivity contribution < 1.29 is 27.4 Å². The van der Waals surface area contributed by atoms with Crippen molar-refractivity contribution in [1.82, 2.24) is 0 Å². The van der Waals surface area contributed by atoms with Crippen LogP contribution in [0.2, 0.25) is 0 Å². The molecule has 0 aromatic heterocycles. The Hall–Kier alpha value is -0.330. The first-order valence-electron chi connectivity index (χ1n) is 5.92. The maximum absolute atomic E-state index is 11.7. The van der Waals surface area contributed by atoms with Gasteiger partial charge in [0.1, 0.15) is 6.61 Å². The summed E-state index contributed by atoms with van der Waals surface area (Å²) >= 11 is 0. The molecule has 17 heavy (non-hydrogen) atoms. The molecule has 0 saturated heterocycles. The van der Waals surface area contributed by atoms with E-state index in [1.54, 1.807) is 0 Å². The van der Waals surface area contributed by atoms with Gasteiger partial charge in [0.2, 0.25) is 0 Å². The van der Waals surface area contributed by atoms with E-state index in [4.69, 9.17) is 9.47 Å². The van der Waals surface area contributed by atoms with Gasteiger partial charge >= 0.3 is 6.18 Å². The van der Waals surface area contributed by atoms with Crippen LogP contribution in [0.1, 0.15) is 25.7 Å². The monoisotopic (exact) mass is 256 g/mol. The lowest BCUT2D eigenvalue weighted by Crippen LogP contribution is -2.19. The Labute approximate surface area is 99.2 Å². The Kier molecular flexibility index (Phi) is 6.84. The Morgan fingerprint density at radius 2 is 1.47 bits per heavy atom. The van der Waals surface area contributed by atoms with Crippen molar-refractivity contribution >= 4 is 0 Å². The molecule has 1 fully saturated rings. The van der Waals surface area contributed by atoms with Crippen molar-refractivity contribution in [3.8, 4) is 0 Å². The van der Waals surface area contributed by atoms with Crippen molar-refractivity contribution in [3.63, 3.8) is 0 Å². The van der Waals surface area contributed by atoms with Gasteiger partial charge in [-0.3, -0.25) is 0 Å². The van der Waals surface area contributed by atoms with E-state index in [1.807, 2.05) is 0 Å². The predicted octanol–water partition coefficient (Wildman–Crippen LogP) is 2.54. The fourth-order valence-corrected chi connectivity index (χ4v) is 1.74. The third kappa shape index (κ3) is 8.40. The SMILES string of the molecule is FC(F)(F)COCCOCCOC1CCCC1. The molecule has 6 heteroatoms. The fourth-order valence-electron chi connectivity index (χ4n) is 1.74. The van der Waals surface area contributed by atoms with E-state index in [2.05, 4.69) is 4.74 Å². The first kappa shape index (κ1) is 14.7. The summed E-state index contributed by atoms with van der Waals surface area (Å²) in [6.07, 6.45) is 0.739. The molecule has 1 saturated carbocycles. The minimum absolute atomic E-state index is 0.0388. The van der Waals surface area contributed by atoms with Crippen LogP contribution < -0.4 is 0 Å². The molecule has 0 N–H and O–H groups in total. The van der Waals surface area contributed by atoms with Crippen LogP contribution in [0.15, 0.2) is 0 Å². The highest BCUT2D eigenvalue weighted by atomic mass is 19.4. The van der Waals surface area contributed by atoms with E-state index >= 15 is 0 Å². The van der Waals surface area contributed by atoms with Gasteiger partial charge in [-0.2, -0.15) is 13.2 Å². The van der Waals surface area contributed by atoms with Gasteiger partial charge in [0.15, 0.2) is 0 Å². The second-order valence-electron chi connectivity index (χ2n) is 4.06. The van der Waals surface area contributed by atoms with Gasteiger partial charge in [-0.1, -0.05) is 12.8 Å². The number of ether oxygens (including phenoxy) is 3. The molecular weight excluding hydrogens is 237 g/mol. The molecule has 0 heterocycles. The van der Waals surface area contributed by atoms with E-state index in [0.29, 0.717) is 19.3 Å². The average Bonchev–Trinajstić information content (AvgIpc) is 2.73. The molecule has 0 atom stereocenters. The van der Waals surface area contributed by atoms with Gasteiger partial charge in [0.05, 0.1) is 32.5 Å². The van der Waals surface area contributed by atoms with Gasteiger partial charge in [0, 0.05) is 0 Å². The minimum Gasteiger partial charge on any atom is -0.377 e. The smallest absolute Gasteiger partial charge is 0.377 e. The van der Waals surface area contributed by atoms with Crippen LogP contribution in [-0.2, 0) is 14.2 Å². The van der Waals surface area contributed by atoms with Gasteiger partial charge in [0.25, 0.3) is 0 Å². The second-order valence-corrected chi connectivity index (χ2v) is 4.06. The molecule has 0 aromatic carbocycles. The molecule has 1 aliphatic rings. The zero-order valence-corrected chi connectivity index (χ0v) is 9.80. The molecule has 0 aromatic rings. The van der Waals surface area contributed by atoms with Gasteiger partial charge < -0.3 is 14.2 Å². The van der Waals surface area contributed by atoms with Crippen molar-refractivity contribution in [2.45, 2.75) is 38.0 Å². The maximum atomic E-state index is 11.7. The molecule has 0 unspecified atom stereocenters. The van der Waals surface area contributed by atoms with Crippen LogP contribution in [0.25, 0.3) is 0 Å². The molecule has 0 bridgehead atoms. The molecular formula is C11H19F3O3.